The second-order valence-electron chi connectivity index (χ2n) is 5.07. The lowest BCUT2D eigenvalue weighted by molar-refractivity contribution is -0.114. The molecule has 2 N–H and O–H groups in total. The Morgan fingerprint density at radius 1 is 1.23 bits per heavy atom. The van der Waals surface area contributed by atoms with Crippen LogP contribution in [0.3, 0.4) is 0 Å². The Bertz CT molecular complexity index is 686. The summed E-state index contributed by atoms with van der Waals surface area (Å²) in [7, 11) is 1.54. The van der Waals surface area contributed by atoms with Crippen molar-refractivity contribution in [2.24, 2.45) is 0 Å². The van der Waals surface area contributed by atoms with Gasteiger partial charge in [-0.3, -0.25) is 4.79 Å². The van der Waals surface area contributed by atoms with Crippen LogP contribution in [0.2, 0.25) is 5.02 Å². The zero-order chi connectivity index (χ0) is 16.1. The SMILES string of the molecule is COc1cc(Cl)c(C)cc1NC(=O)CNc1cccc(C)c1. The van der Waals surface area contributed by atoms with Gasteiger partial charge in [0.2, 0.25) is 5.91 Å². The smallest absolute Gasteiger partial charge is 0.243 e. The number of anilines is 2. The molecule has 0 bridgehead atoms. The molecule has 0 saturated carbocycles. The van der Waals surface area contributed by atoms with Gasteiger partial charge in [0.15, 0.2) is 0 Å². The minimum atomic E-state index is -0.151. The molecule has 0 unspecified atom stereocenters. The Balaban J connectivity index is 2.01. The van der Waals surface area contributed by atoms with Gasteiger partial charge in [0.1, 0.15) is 5.75 Å². The second-order valence-corrected chi connectivity index (χ2v) is 5.48. The Morgan fingerprint density at radius 3 is 2.68 bits per heavy atom. The maximum Gasteiger partial charge on any atom is 0.243 e. The summed E-state index contributed by atoms with van der Waals surface area (Å²) >= 11 is 6.05. The number of ether oxygens (including phenoxy) is 1. The van der Waals surface area contributed by atoms with Crippen LogP contribution in [0.1, 0.15) is 11.1 Å². The van der Waals surface area contributed by atoms with Gasteiger partial charge in [-0.2, -0.15) is 0 Å². The third-order valence-electron chi connectivity index (χ3n) is 3.23. The first-order valence-electron chi connectivity index (χ1n) is 6.94. The maximum atomic E-state index is 12.1. The third-order valence-corrected chi connectivity index (χ3v) is 3.63. The number of carbonyl (C=O) groups is 1. The highest BCUT2D eigenvalue weighted by atomic mass is 35.5. The number of amides is 1. The highest BCUT2D eigenvalue weighted by Crippen LogP contribution is 2.30. The van der Waals surface area contributed by atoms with E-state index in [0.717, 1.165) is 16.8 Å². The number of halogens is 1. The molecule has 5 heteroatoms. The molecule has 0 spiro atoms. The third kappa shape index (κ3) is 4.15. The van der Waals surface area contributed by atoms with Crippen LogP contribution in [-0.4, -0.2) is 19.6 Å². The zero-order valence-corrected chi connectivity index (χ0v) is 13.6. The summed E-state index contributed by atoms with van der Waals surface area (Å²) in [5.41, 5.74) is 3.54. The van der Waals surface area contributed by atoms with Gasteiger partial charge in [-0.15, -0.1) is 0 Å². The number of benzene rings is 2. The number of rotatable bonds is 5. The van der Waals surface area contributed by atoms with E-state index < -0.39 is 0 Å². The molecular formula is C17H19ClN2O2. The first-order chi connectivity index (χ1) is 10.5. The lowest BCUT2D eigenvalue weighted by atomic mass is 10.2. The van der Waals surface area contributed by atoms with Crippen molar-refractivity contribution >= 4 is 28.9 Å². The van der Waals surface area contributed by atoms with Crippen molar-refractivity contribution in [3.8, 4) is 5.75 Å². The Labute approximate surface area is 135 Å². The summed E-state index contributed by atoms with van der Waals surface area (Å²) in [6.07, 6.45) is 0. The number of aryl methyl sites for hydroxylation is 2. The van der Waals surface area contributed by atoms with Crippen molar-refractivity contribution in [2.45, 2.75) is 13.8 Å². The largest absolute Gasteiger partial charge is 0.495 e. The highest BCUT2D eigenvalue weighted by molar-refractivity contribution is 6.31. The summed E-state index contributed by atoms with van der Waals surface area (Å²) in [4.78, 5) is 12.1. The number of carbonyl (C=O) groups excluding carboxylic acids is 1. The first-order valence-corrected chi connectivity index (χ1v) is 7.32. The maximum absolute atomic E-state index is 12.1. The number of hydrogen-bond donors (Lipinski definition) is 2. The van der Waals surface area contributed by atoms with Gasteiger partial charge < -0.3 is 15.4 Å². The van der Waals surface area contributed by atoms with E-state index in [1.165, 1.54) is 0 Å². The van der Waals surface area contributed by atoms with E-state index in [2.05, 4.69) is 10.6 Å². The van der Waals surface area contributed by atoms with E-state index in [9.17, 15) is 4.79 Å². The van der Waals surface area contributed by atoms with Crippen LogP contribution in [0.5, 0.6) is 5.75 Å². The van der Waals surface area contributed by atoms with Crippen molar-refractivity contribution in [3.05, 3.63) is 52.5 Å². The Kier molecular flexibility index (Phi) is 5.28. The summed E-state index contributed by atoms with van der Waals surface area (Å²) in [5, 5.41) is 6.52. The minimum Gasteiger partial charge on any atom is -0.495 e. The molecule has 2 aromatic rings. The lowest BCUT2D eigenvalue weighted by Crippen LogP contribution is -2.22. The minimum absolute atomic E-state index is 0.151. The fraction of sp³-hybridized carbons (Fsp3) is 0.235. The molecule has 0 saturated heterocycles. The average Bonchev–Trinajstić information content (AvgIpc) is 2.49. The Morgan fingerprint density at radius 2 is 2.00 bits per heavy atom. The van der Waals surface area contributed by atoms with Crippen LogP contribution < -0.4 is 15.4 Å². The standard InChI is InChI=1S/C17H19ClN2O2/c1-11-5-4-6-13(7-11)19-10-17(21)20-15-8-12(2)14(18)9-16(15)22-3/h4-9,19H,10H2,1-3H3,(H,20,21). The van der Waals surface area contributed by atoms with Gasteiger partial charge in [0, 0.05) is 16.8 Å². The summed E-state index contributed by atoms with van der Waals surface area (Å²) in [6, 6.07) is 11.4. The molecule has 2 rings (SSSR count). The van der Waals surface area contributed by atoms with Gasteiger partial charge in [-0.05, 0) is 43.2 Å². The highest BCUT2D eigenvalue weighted by Gasteiger charge is 2.10. The number of methoxy groups -OCH3 is 1. The molecule has 0 heterocycles. The van der Waals surface area contributed by atoms with Crippen LogP contribution in [0.15, 0.2) is 36.4 Å². The number of nitrogens with one attached hydrogen (secondary N) is 2. The molecule has 0 fully saturated rings. The van der Waals surface area contributed by atoms with E-state index >= 15 is 0 Å². The van der Waals surface area contributed by atoms with E-state index in [0.29, 0.717) is 16.5 Å². The molecule has 0 aromatic heterocycles. The monoisotopic (exact) mass is 318 g/mol. The topological polar surface area (TPSA) is 50.4 Å². The van der Waals surface area contributed by atoms with E-state index in [4.69, 9.17) is 16.3 Å². The van der Waals surface area contributed by atoms with Crippen LogP contribution in [0.25, 0.3) is 0 Å². The molecule has 2 aromatic carbocycles. The Hall–Kier alpha value is -2.20. The molecule has 22 heavy (non-hydrogen) atoms. The lowest BCUT2D eigenvalue weighted by Gasteiger charge is -2.13. The summed E-state index contributed by atoms with van der Waals surface area (Å²) in [6.45, 7) is 4.06. The van der Waals surface area contributed by atoms with Gasteiger partial charge in [0.25, 0.3) is 0 Å². The molecule has 0 radical (unpaired) electrons. The second kappa shape index (κ2) is 7.18. The predicted octanol–water partition coefficient (Wildman–Crippen LogP) is 4.02. The van der Waals surface area contributed by atoms with E-state index in [1.807, 2.05) is 38.1 Å². The fourth-order valence-electron chi connectivity index (χ4n) is 2.06. The van der Waals surface area contributed by atoms with E-state index in [-0.39, 0.29) is 12.5 Å². The van der Waals surface area contributed by atoms with Crippen molar-refractivity contribution < 1.29 is 9.53 Å². The van der Waals surface area contributed by atoms with Crippen LogP contribution in [-0.2, 0) is 4.79 Å². The summed E-state index contributed by atoms with van der Waals surface area (Å²) in [5.74, 6) is 0.390. The predicted molar refractivity (Wildman–Crippen MR) is 91.0 cm³/mol. The molecule has 116 valence electrons. The molecule has 1 amide bonds. The van der Waals surface area contributed by atoms with Gasteiger partial charge in [-0.1, -0.05) is 23.7 Å². The van der Waals surface area contributed by atoms with Crippen molar-refractivity contribution in [2.75, 3.05) is 24.3 Å². The normalized spacial score (nSPS) is 10.2. The van der Waals surface area contributed by atoms with Gasteiger partial charge in [0.05, 0.1) is 19.3 Å². The van der Waals surface area contributed by atoms with Crippen LogP contribution >= 0.6 is 11.6 Å². The van der Waals surface area contributed by atoms with Crippen molar-refractivity contribution in [1.29, 1.82) is 0 Å². The molecule has 0 atom stereocenters. The van der Waals surface area contributed by atoms with Crippen LogP contribution in [0, 0.1) is 13.8 Å². The molecule has 0 aliphatic carbocycles. The molecule has 4 nitrogen and oxygen atoms in total. The molecule has 0 aliphatic rings. The average molecular weight is 319 g/mol. The van der Waals surface area contributed by atoms with Crippen LogP contribution in [0.4, 0.5) is 11.4 Å². The zero-order valence-electron chi connectivity index (χ0n) is 12.9. The summed E-state index contributed by atoms with van der Waals surface area (Å²) < 4.78 is 5.24. The van der Waals surface area contributed by atoms with E-state index in [1.54, 1.807) is 19.2 Å². The van der Waals surface area contributed by atoms with Gasteiger partial charge in [-0.25, -0.2) is 0 Å². The van der Waals surface area contributed by atoms with Crippen molar-refractivity contribution in [3.63, 3.8) is 0 Å². The quantitative estimate of drug-likeness (QED) is 0.875. The molecular weight excluding hydrogens is 300 g/mol. The fourth-order valence-corrected chi connectivity index (χ4v) is 2.22. The van der Waals surface area contributed by atoms with Gasteiger partial charge >= 0.3 is 0 Å². The molecule has 0 aliphatic heterocycles. The number of hydrogen-bond acceptors (Lipinski definition) is 3. The first kappa shape index (κ1) is 16.2. The van der Waals surface area contributed by atoms with Crippen molar-refractivity contribution in [1.82, 2.24) is 0 Å².